The van der Waals surface area contributed by atoms with Crippen molar-refractivity contribution >= 4 is 11.8 Å². The number of amides is 1. The van der Waals surface area contributed by atoms with E-state index in [4.69, 9.17) is 0 Å². The van der Waals surface area contributed by atoms with Crippen LogP contribution in [0.2, 0.25) is 0 Å². The topological polar surface area (TPSA) is 47.6 Å². The number of anilines is 1. The summed E-state index contributed by atoms with van der Waals surface area (Å²) >= 11 is 0. The molecule has 0 saturated carbocycles. The van der Waals surface area contributed by atoms with Crippen LogP contribution in [0.5, 0.6) is 11.5 Å². The molecule has 0 unspecified atom stereocenters. The lowest BCUT2D eigenvalue weighted by Crippen LogP contribution is -2.19. The van der Waals surface area contributed by atoms with Gasteiger partial charge in [-0.15, -0.1) is 0 Å². The highest BCUT2D eigenvalue weighted by Crippen LogP contribution is 2.31. The molecule has 14 heteroatoms. The Hall–Kier alpha value is -3.97. The largest absolute Gasteiger partial charge is 0.483 e. The van der Waals surface area contributed by atoms with E-state index in [2.05, 4.69) is 9.47 Å². The first kappa shape index (κ1) is 24.7. The van der Waals surface area contributed by atoms with Crippen molar-refractivity contribution in [2.45, 2.75) is 6.61 Å². The van der Waals surface area contributed by atoms with Crippen molar-refractivity contribution in [2.24, 2.45) is 0 Å². The Bertz CT molecular complexity index is 1220. The van der Waals surface area contributed by atoms with Gasteiger partial charge in [0.2, 0.25) is 63.9 Å². The van der Waals surface area contributed by atoms with Crippen molar-refractivity contribution in [3.8, 4) is 11.5 Å². The molecule has 0 bridgehead atoms. The van der Waals surface area contributed by atoms with Crippen LogP contribution in [0.25, 0.3) is 0 Å². The van der Waals surface area contributed by atoms with Gasteiger partial charge in [0, 0.05) is 5.69 Å². The summed E-state index contributed by atoms with van der Waals surface area (Å²) in [6, 6.07) is 4.44. The fourth-order valence-corrected chi connectivity index (χ4v) is 2.46. The summed E-state index contributed by atoms with van der Waals surface area (Å²) in [5.74, 6) is -26.4. The maximum Gasteiger partial charge on any atom is 0.417 e. The van der Waals surface area contributed by atoms with E-state index in [1.807, 2.05) is 5.32 Å². The quantitative estimate of drug-likeness (QED) is 0.256. The summed E-state index contributed by atoms with van der Waals surface area (Å²) in [5, 5.41) is 1.90. The van der Waals surface area contributed by atoms with Gasteiger partial charge in [0.25, 0.3) is 0 Å². The maximum atomic E-state index is 13.6. The van der Waals surface area contributed by atoms with Gasteiger partial charge in [0.1, 0.15) is 6.61 Å². The third-order valence-electron chi connectivity index (χ3n) is 4.12. The van der Waals surface area contributed by atoms with Crippen LogP contribution < -0.4 is 14.8 Å². The molecule has 34 heavy (non-hydrogen) atoms. The fraction of sp³-hybridized carbons (Fsp3) is 0.0500. The second-order valence-corrected chi connectivity index (χ2v) is 6.30. The van der Waals surface area contributed by atoms with Crippen molar-refractivity contribution in [3.63, 3.8) is 0 Å². The molecule has 180 valence electrons. The van der Waals surface area contributed by atoms with Crippen molar-refractivity contribution < 1.29 is 58.2 Å². The molecule has 0 fully saturated rings. The lowest BCUT2D eigenvalue weighted by Gasteiger charge is -2.11. The Morgan fingerprint density at radius 1 is 0.588 bits per heavy atom. The van der Waals surface area contributed by atoms with E-state index >= 15 is 0 Å². The molecule has 3 rings (SSSR count). The van der Waals surface area contributed by atoms with Crippen LogP contribution in [0.3, 0.4) is 0 Å². The number of hydrogen-bond acceptors (Lipinski definition) is 3. The zero-order valence-electron chi connectivity index (χ0n) is 16.0. The van der Waals surface area contributed by atoms with E-state index in [-0.39, 0.29) is 11.3 Å². The predicted molar refractivity (Wildman–Crippen MR) is 92.9 cm³/mol. The lowest BCUT2D eigenvalue weighted by atomic mass is 10.2. The van der Waals surface area contributed by atoms with Crippen molar-refractivity contribution in [3.05, 3.63) is 88.0 Å². The Morgan fingerprint density at radius 2 is 0.971 bits per heavy atom. The van der Waals surface area contributed by atoms with E-state index in [0.29, 0.717) is 0 Å². The molecule has 0 aliphatic carbocycles. The summed E-state index contributed by atoms with van der Waals surface area (Å²) in [5.41, 5.74) is -0.0449. The van der Waals surface area contributed by atoms with E-state index in [0.717, 1.165) is 24.3 Å². The molecule has 0 heterocycles. The fourth-order valence-electron chi connectivity index (χ4n) is 2.46. The summed E-state index contributed by atoms with van der Waals surface area (Å²) in [6.07, 6.45) is -1.64. The van der Waals surface area contributed by atoms with Crippen molar-refractivity contribution in [1.29, 1.82) is 0 Å². The Kier molecular flexibility index (Phi) is 6.88. The summed E-state index contributed by atoms with van der Waals surface area (Å²) in [7, 11) is 0. The number of benzene rings is 3. The van der Waals surface area contributed by atoms with Crippen LogP contribution in [0, 0.1) is 58.2 Å². The first-order valence-electron chi connectivity index (χ1n) is 8.67. The molecular formula is C20H7F10NO3. The Balaban J connectivity index is 1.68. The smallest absolute Gasteiger partial charge is 0.417 e. The normalized spacial score (nSPS) is 10.9. The standard InChI is InChI=1S/C20H7F10NO3/c21-8-10(23)14(27)18(15(28)11(8)24)33-5-6-1-3-7(4-2-6)31-20(32)34-19-16(29)12(25)9(22)13(26)17(19)30/h1-4H,5H2,(H,31,32). The average molecular weight is 499 g/mol. The van der Waals surface area contributed by atoms with Gasteiger partial charge in [-0.3, -0.25) is 5.32 Å². The predicted octanol–water partition coefficient (Wildman–Crippen LogP) is 6.27. The average Bonchev–Trinajstić information content (AvgIpc) is 2.82. The molecule has 0 spiro atoms. The van der Waals surface area contributed by atoms with Gasteiger partial charge in [-0.1, -0.05) is 12.1 Å². The molecule has 1 N–H and O–H groups in total. The monoisotopic (exact) mass is 499 g/mol. The van der Waals surface area contributed by atoms with Gasteiger partial charge in [-0.2, -0.15) is 17.6 Å². The molecule has 0 aliphatic rings. The van der Waals surface area contributed by atoms with Crippen molar-refractivity contribution in [2.75, 3.05) is 5.32 Å². The van der Waals surface area contributed by atoms with Gasteiger partial charge in [-0.25, -0.2) is 31.1 Å². The van der Waals surface area contributed by atoms with E-state index < -0.39 is 82.4 Å². The number of carbonyl (C=O) groups excluding carboxylic acids is 1. The molecule has 0 atom stereocenters. The van der Waals surface area contributed by atoms with Crippen LogP contribution in [0.1, 0.15) is 5.56 Å². The first-order chi connectivity index (χ1) is 15.9. The van der Waals surface area contributed by atoms with E-state index in [9.17, 15) is 48.7 Å². The van der Waals surface area contributed by atoms with Crippen molar-refractivity contribution in [1.82, 2.24) is 0 Å². The number of nitrogens with one attached hydrogen (secondary N) is 1. The van der Waals surface area contributed by atoms with Gasteiger partial charge >= 0.3 is 6.09 Å². The van der Waals surface area contributed by atoms with Crippen LogP contribution in [0.4, 0.5) is 54.4 Å². The molecule has 0 radical (unpaired) electrons. The second-order valence-electron chi connectivity index (χ2n) is 6.30. The Morgan fingerprint density at radius 3 is 1.41 bits per heavy atom. The molecule has 0 aromatic heterocycles. The molecule has 4 nitrogen and oxygen atoms in total. The summed E-state index contributed by atoms with van der Waals surface area (Å²) in [4.78, 5) is 11.7. The van der Waals surface area contributed by atoms with Gasteiger partial charge in [0.15, 0.2) is 5.75 Å². The molecule has 0 aliphatic heterocycles. The minimum atomic E-state index is -2.45. The van der Waals surface area contributed by atoms with E-state index in [1.54, 1.807) is 0 Å². The van der Waals surface area contributed by atoms with E-state index in [1.165, 1.54) is 0 Å². The SMILES string of the molecule is O=C(Nc1ccc(COc2c(F)c(F)c(F)c(F)c2F)cc1)Oc1c(F)c(F)c(F)c(F)c1F. The third kappa shape index (κ3) is 4.56. The molecule has 3 aromatic carbocycles. The molecule has 0 saturated heterocycles. The van der Waals surface area contributed by atoms with Gasteiger partial charge in [0.05, 0.1) is 0 Å². The zero-order chi connectivity index (χ0) is 25.3. The van der Waals surface area contributed by atoms with Crippen LogP contribution in [-0.2, 0) is 6.61 Å². The number of rotatable bonds is 5. The van der Waals surface area contributed by atoms with Gasteiger partial charge < -0.3 is 9.47 Å². The number of hydrogen-bond donors (Lipinski definition) is 1. The molecule has 3 aromatic rings. The summed E-state index contributed by atoms with van der Waals surface area (Å²) in [6.45, 7) is -0.687. The lowest BCUT2D eigenvalue weighted by molar-refractivity contribution is 0.208. The minimum Gasteiger partial charge on any atom is -0.483 e. The minimum absolute atomic E-state index is 0.0997. The third-order valence-corrected chi connectivity index (χ3v) is 4.12. The zero-order valence-corrected chi connectivity index (χ0v) is 16.0. The van der Waals surface area contributed by atoms with Crippen LogP contribution in [-0.4, -0.2) is 6.09 Å². The number of halogens is 10. The molecular weight excluding hydrogens is 492 g/mol. The van der Waals surface area contributed by atoms with Crippen LogP contribution in [0.15, 0.2) is 24.3 Å². The summed E-state index contributed by atoms with van der Waals surface area (Å²) < 4.78 is 142. The number of carbonyl (C=O) groups is 1. The highest BCUT2D eigenvalue weighted by molar-refractivity contribution is 5.86. The number of ether oxygens (including phenoxy) is 2. The highest BCUT2D eigenvalue weighted by atomic mass is 19.2. The first-order valence-corrected chi connectivity index (χ1v) is 8.67. The molecule has 1 amide bonds. The highest BCUT2D eigenvalue weighted by Gasteiger charge is 2.29. The van der Waals surface area contributed by atoms with Gasteiger partial charge in [-0.05, 0) is 17.7 Å². The van der Waals surface area contributed by atoms with Crippen LogP contribution >= 0.6 is 0 Å². The Labute approximate surface area is 182 Å². The second kappa shape index (κ2) is 9.49. The maximum absolute atomic E-state index is 13.6.